The molecule has 0 bridgehead atoms. The van der Waals surface area contributed by atoms with Crippen LogP contribution >= 0.6 is 0 Å². The molecule has 5 nitrogen and oxygen atoms in total. The fraction of sp³-hybridized carbons (Fsp3) is 0.176. The van der Waals surface area contributed by atoms with Crippen molar-refractivity contribution in [1.82, 2.24) is 4.98 Å². The number of aliphatic imine (C=N–C) groups is 1. The Morgan fingerprint density at radius 2 is 2.09 bits per heavy atom. The molecule has 6 heteroatoms. The summed E-state index contributed by atoms with van der Waals surface area (Å²) in [5.74, 6) is -0.445. The lowest BCUT2D eigenvalue weighted by atomic mass is 9.94. The lowest BCUT2D eigenvalue weighted by Crippen LogP contribution is -2.12. The van der Waals surface area contributed by atoms with Crippen molar-refractivity contribution in [2.45, 2.75) is 19.3 Å². The Hall–Kier alpha value is -2.89. The monoisotopic (exact) mass is 313 g/mol. The third-order valence-corrected chi connectivity index (χ3v) is 3.58. The van der Waals surface area contributed by atoms with Crippen molar-refractivity contribution < 1.29 is 4.39 Å². The van der Waals surface area contributed by atoms with E-state index in [1.165, 1.54) is 12.3 Å². The molecule has 120 valence electrons. The predicted molar refractivity (Wildman–Crippen MR) is 91.7 cm³/mol. The van der Waals surface area contributed by atoms with E-state index in [9.17, 15) is 4.39 Å². The maximum atomic E-state index is 13.6. The number of hydrogen-bond acceptors (Lipinski definition) is 3. The van der Waals surface area contributed by atoms with Gasteiger partial charge in [0, 0.05) is 17.8 Å². The lowest BCUT2D eigenvalue weighted by Gasteiger charge is -2.14. The van der Waals surface area contributed by atoms with E-state index in [1.807, 2.05) is 13.0 Å². The normalized spacial score (nSPS) is 13.4. The van der Waals surface area contributed by atoms with E-state index in [0.29, 0.717) is 5.69 Å². The average molecular weight is 313 g/mol. The van der Waals surface area contributed by atoms with Crippen LogP contribution in [0, 0.1) is 11.2 Å². The fourth-order valence-electron chi connectivity index (χ4n) is 2.36. The van der Waals surface area contributed by atoms with E-state index in [1.54, 1.807) is 30.5 Å². The molecule has 0 amide bonds. The van der Waals surface area contributed by atoms with Gasteiger partial charge in [-0.1, -0.05) is 19.1 Å². The summed E-state index contributed by atoms with van der Waals surface area (Å²) in [6.07, 6.45) is 3.80. The maximum absolute atomic E-state index is 13.6. The Balaban J connectivity index is 2.27. The van der Waals surface area contributed by atoms with Gasteiger partial charge >= 0.3 is 0 Å². The zero-order valence-electron chi connectivity index (χ0n) is 12.9. The fourth-order valence-corrected chi connectivity index (χ4v) is 2.36. The predicted octanol–water partition coefficient (Wildman–Crippen LogP) is 3.18. The van der Waals surface area contributed by atoms with Crippen LogP contribution < -0.4 is 11.5 Å². The van der Waals surface area contributed by atoms with Crippen molar-refractivity contribution in [3.8, 4) is 0 Å². The summed E-state index contributed by atoms with van der Waals surface area (Å²) in [7, 11) is 0. The molecule has 1 aromatic carbocycles. The standard InChI is InChI=1S/C17H20FN5/c1-2-12(14-7-8-16(23-14)17(20)21)11(9-19)10-22-15-6-4-3-5-13(15)18/h3-10,12,23H,2,19H2,1H3,(H3,20,21). The first-order valence-corrected chi connectivity index (χ1v) is 7.30. The molecule has 6 N–H and O–H groups in total. The van der Waals surface area contributed by atoms with Crippen LogP contribution in [0.1, 0.15) is 30.7 Å². The molecule has 1 unspecified atom stereocenters. The first kappa shape index (κ1) is 16.5. The van der Waals surface area contributed by atoms with Crippen molar-refractivity contribution >= 4 is 17.7 Å². The van der Waals surface area contributed by atoms with Crippen LogP contribution in [0.25, 0.3) is 0 Å². The Kier molecular flexibility index (Phi) is 5.30. The Labute approximate surface area is 134 Å². The molecule has 1 heterocycles. The van der Waals surface area contributed by atoms with Crippen molar-refractivity contribution in [3.05, 3.63) is 65.4 Å². The molecular weight excluding hydrogens is 293 g/mol. The number of para-hydroxylation sites is 1. The van der Waals surface area contributed by atoms with Crippen molar-refractivity contribution in [3.63, 3.8) is 0 Å². The highest BCUT2D eigenvalue weighted by molar-refractivity contribution is 5.93. The van der Waals surface area contributed by atoms with E-state index in [-0.39, 0.29) is 23.3 Å². The Morgan fingerprint density at radius 3 is 2.65 bits per heavy atom. The van der Waals surface area contributed by atoms with Crippen LogP contribution in [-0.4, -0.2) is 17.0 Å². The van der Waals surface area contributed by atoms with Crippen LogP contribution in [0.3, 0.4) is 0 Å². The van der Waals surface area contributed by atoms with Gasteiger partial charge in [-0.15, -0.1) is 0 Å². The number of amidine groups is 1. The van der Waals surface area contributed by atoms with E-state index >= 15 is 0 Å². The van der Waals surface area contributed by atoms with Crippen molar-refractivity contribution in [2.75, 3.05) is 0 Å². The summed E-state index contributed by atoms with van der Waals surface area (Å²) < 4.78 is 13.6. The molecule has 0 aliphatic carbocycles. The molecule has 2 aromatic rings. The minimum absolute atomic E-state index is 0.0237. The summed E-state index contributed by atoms with van der Waals surface area (Å²) in [5, 5.41) is 7.46. The molecule has 1 atom stereocenters. The number of nitrogens with zero attached hydrogens (tertiary/aromatic N) is 1. The quantitative estimate of drug-likeness (QED) is 0.486. The van der Waals surface area contributed by atoms with Crippen LogP contribution in [0.4, 0.5) is 10.1 Å². The molecule has 23 heavy (non-hydrogen) atoms. The molecule has 2 rings (SSSR count). The largest absolute Gasteiger partial charge is 0.404 e. The second kappa shape index (κ2) is 7.40. The summed E-state index contributed by atoms with van der Waals surface area (Å²) in [6, 6.07) is 9.92. The molecular formula is C17H20FN5. The summed E-state index contributed by atoms with van der Waals surface area (Å²) in [5.41, 5.74) is 13.7. The second-order valence-electron chi connectivity index (χ2n) is 5.08. The topological polar surface area (TPSA) is 104 Å². The summed E-state index contributed by atoms with van der Waals surface area (Å²) in [6.45, 7) is 2.01. The molecule has 0 radical (unpaired) electrons. The van der Waals surface area contributed by atoms with Gasteiger partial charge in [0.1, 0.15) is 11.7 Å². The number of benzene rings is 1. The number of nitrogens with one attached hydrogen (secondary N) is 2. The molecule has 0 aliphatic heterocycles. The highest BCUT2D eigenvalue weighted by Gasteiger charge is 2.16. The molecule has 0 spiro atoms. The minimum Gasteiger partial charge on any atom is -0.404 e. The average Bonchev–Trinajstić information content (AvgIpc) is 3.02. The van der Waals surface area contributed by atoms with Gasteiger partial charge in [0.25, 0.3) is 0 Å². The number of allylic oxidation sites excluding steroid dienone is 1. The molecule has 0 aliphatic rings. The van der Waals surface area contributed by atoms with Gasteiger partial charge in [-0.05, 0) is 42.5 Å². The van der Waals surface area contributed by atoms with Gasteiger partial charge in [0.15, 0.2) is 0 Å². The number of nitrogens with two attached hydrogens (primary N) is 2. The van der Waals surface area contributed by atoms with Gasteiger partial charge in [0.2, 0.25) is 0 Å². The molecule has 0 saturated heterocycles. The van der Waals surface area contributed by atoms with Crippen LogP contribution in [-0.2, 0) is 0 Å². The van der Waals surface area contributed by atoms with E-state index < -0.39 is 0 Å². The van der Waals surface area contributed by atoms with Crippen molar-refractivity contribution in [1.29, 1.82) is 5.41 Å². The van der Waals surface area contributed by atoms with Gasteiger partial charge < -0.3 is 16.5 Å². The Bertz CT molecular complexity index is 745. The zero-order valence-corrected chi connectivity index (χ0v) is 12.9. The highest BCUT2D eigenvalue weighted by Crippen LogP contribution is 2.26. The van der Waals surface area contributed by atoms with E-state index in [0.717, 1.165) is 17.7 Å². The minimum atomic E-state index is -0.382. The van der Waals surface area contributed by atoms with Crippen molar-refractivity contribution in [2.24, 2.45) is 16.5 Å². The van der Waals surface area contributed by atoms with E-state index in [2.05, 4.69) is 9.98 Å². The lowest BCUT2D eigenvalue weighted by molar-refractivity contribution is 0.630. The SMILES string of the molecule is CCC(C(C=Nc1ccccc1F)=CN)c1ccc(C(=N)N)[nH]1. The van der Waals surface area contributed by atoms with Crippen LogP contribution in [0.5, 0.6) is 0 Å². The maximum Gasteiger partial charge on any atom is 0.148 e. The van der Waals surface area contributed by atoms with E-state index in [4.69, 9.17) is 16.9 Å². The molecule has 1 aromatic heterocycles. The third kappa shape index (κ3) is 3.85. The highest BCUT2D eigenvalue weighted by atomic mass is 19.1. The van der Waals surface area contributed by atoms with Crippen LogP contribution in [0.2, 0.25) is 0 Å². The Morgan fingerprint density at radius 1 is 1.35 bits per heavy atom. The third-order valence-electron chi connectivity index (χ3n) is 3.58. The molecule has 0 saturated carbocycles. The van der Waals surface area contributed by atoms with Gasteiger partial charge in [-0.2, -0.15) is 0 Å². The number of halogens is 1. The number of H-pyrrole nitrogens is 1. The first-order valence-electron chi connectivity index (χ1n) is 7.30. The molecule has 0 fully saturated rings. The number of aromatic nitrogens is 1. The number of hydrogen-bond donors (Lipinski definition) is 4. The van der Waals surface area contributed by atoms with Crippen LogP contribution in [0.15, 0.2) is 53.2 Å². The number of nitrogen functional groups attached to an aromatic ring is 1. The van der Waals surface area contributed by atoms with Gasteiger partial charge in [-0.3, -0.25) is 10.4 Å². The summed E-state index contributed by atoms with van der Waals surface area (Å²) >= 11 is 0. The number of rotatable bonds is 6. The second-order valence-corrected chi connectivity index (χ2v) is 5.08. The first-order chi connectivity index (χ1) is 11.1. The smallest absolute Gasteiger partial charge is 0.148 e. The van der Waals surface area contributed by atoms with Gasteiger partial charge in [-0.25, -0.2) is 4.39 Å². The zero-order chi connectivity index (χ0) is 16.8. The van der Waals surface area contributed by atoms with Gasteiger partial charge in [0.05, 0.1) is 11.4 Å². The summed E-state index contributed by atoms with van der Waals surface area (Å²) in [4.78, 5) is 7.29. The number of aromatic amines is 1.